The van der Waals surface area contributed by atoms with Crippen LogP contribution in [0, 0.1) is 6.92 Å². The molecule has 28 heavy (non-hydrogen) atoms. The van der Waals surface area contributed by atoms with Crippen LogP contribution in [0.3, 0.4) is 0 Å². The van der Waals surface area contributed by atoms with Gasteiger partial charge >= 0.3 is 0 Å². The lowest BCUT2D eigenvalue weighted by Crippen LogP contribution is -2.48. The molecular weight excluding hydrogens is 354 g/mol. The van der Waals surface area contributed by atoms with Gasteiger partial charge in [0.05, 0.1) is 7.11 Å². The number of amides is 2. The van der Waals surface area contributed by atoms with Crippen LogP contribution < -0.4 is 15.4 Å². The molecule has 0 unspecified atom stereocenters. The molecule has 1 heterocycles. The zero-order chi connectivity index (χ0) is 19.9. The fourth-order valence-corrected chi connectivity index (χ4v) is 3.03. The molecule has 1 saturated heterocycles. The van der Waals surface area contributed by atoms with Gasteiger partial charge in [0.2, 0.25) is 0 Å². The zero-order valence-corrected chi connectivity index (χ0v) is 16.2. The first kappa shape index (κ1) is 19.6. The lowest BCUT2D eigenvalue weighted by molar-refractivity contribution is -0.127. The van der Waals surface area contributed by atoms with Gasteiger partial charge in [-0.05, 0) is 31.2 Å². The molecule has 6 heteroatoms. The molecule has 1 aliphatic rings. The molecule has 146 valence electrons. The summed E-state index contributed by atoms with van der Waals surface area (Å²) in [4.78, 5) is 27.6. The molecule has 2 aromatic rings. The Labute approximate surface area is 165 Å². The van der Waals surface area contributed by atoms with Crippen molar-refractivity contribution in [2.75, 3.05) is 33.3 Å². The third-order valence-corrected chi connectivity index (χ3v) is 4.64. The van der Waals surface area contributed by atoms with Crippen LogP contribution in [0.4, 0.5) is 0 Å². The van der Waals surface area contributed by atoms with Gasteiger partial charge < -0.3 is 20.3 Å². The molecule has 0 spiro atoms. The van der Waals surface area contributed by atoms with Gasteiger partial charge in [-0.2, -0.15) is 0 Å². The van der Waals surface area contributed by atoms with E-state index in [1.54, 1.807) is 30.2 Å². The average Bonchev–Trinajstić information content (AvgIpc) is 2.74. The number of rotatable bonds is 5. The summed E-state index contributed by atoms with van der Waals surface area (Å²) >= 11 is 0. The number of piperazine rings is 1. The molecular formula is C22H25N3O3. The maximum absolute atomic E-state index is 13.1. The van der Waals surface area contributed by atoms with Gasteiger partial charge in [-0.25, -0.2) is 0 Å². The van der Waals surface area contributed by atoms with E-state index in [-0.39, 0.29) is 17.5 Å². The van der Waals surface area contributed by atoms with Gasteiger partial charge in [-0.1, -0.05) is 35.9 Å². The minimum absolute atomic E-state index is 0.201. The Kier molecular flexibility index (Phi) is 6.45. The number of benzene rings is 2. The van der Waals surface area contributed by atoms with Crippen molar-refractivity contribution in [3.05, 3.63) is 70.9 Å². The molecule has 2 amide bonds. The molecule has 2 N–H and O–H groups in total. The first-order valence-electron chi connectivity index (χ1n) is 9.31. The van der Waals surface area contributed by atoms with Crippen LogP contribution >= 0.6 is 0 Å². The lowest BCUT2D eigenvalue weighted by Gasteiger charge is -2.28. The number of hydrogen-bond donors (Lipinski definition) is 2. The second-order valence-electron chi connectivity index (χ2n) is 6.66. The Morgan fingerprint density at radius 3 is 2.43 bits per heavy atom. The third kappa shape index (κ3) is 4.78. The summed E-state index contributed by atoms with van der Waals surface area (Å²) in [5, 5.41) is 6.03. The molecule has 0 saturated carbocycles. The molecule has 0 aliphatic carbocycles. The minimum Gasteiger partial charge on any atom is -0.496 e. The van der Waals surface area contributed by atoms with Crippen molar-refractivity contribution in [2.24, 2.45) is 0 Å². The smallest absolute Gasteiger partial charge is 0.270 e. The number of methoxy groups -OCH3 is 1. The SMILES string of the molecule is COc1ccccc1C=C(NC(=O)c1ccc(C)cc1)C(=O)N1CCNCC1. The predicted molar refractivity (Wildman–Crippen MR) is 109 cm³/mol. The number of ether oxygens (including phenoxy) is 1. The van der Waals surface area contributed by atoms with E-state index in [0.29, 0.717) is 24.4 Å². The fraction of sp³-hybridized carbons (Fsp3) is 0.273. The molecule has 2 aromatic carbocycles. The summed E-state index contributed by atoms with van der Waals surface area (Å²) in [6, 6.07) is 14.6. The molecule has 0 bridgehead atoms. The van der Waals surface area contributed by atoms with Crippen LogP contribution in [0.15, 0.2) is 54.2 Å². The number of para-hydroxylation sites is 1. The van der Waals surface area contributed by atoms with Crippen LogP contribution in [0.25, 0.3) is 6.08 Å². The number of aryl methyl sites for hydroxylation is 1. The molecule has 3 rings (SSSR count). The first-order chi connectivity index (χ1) is 13.6. The van der Waals surface area contributed by atoms with E-state index in [1.807, 2.05) is 43.3 Å². The number of carbonyl (C=O) groups excluding carboxylic acids is 2. The van der Waals surface area contributed by atoms with E-state index < -0.39 is 0 Å². The van der Waals surface area contributed by atoms with E-state index in [9.17, 15) is 9.59 Å². The molecule has 1 fully saturated rings. The fourth-order valence-electron chi connectivity index (χ4n) is 3.03. The van der Waals surface area contributed by atoms with Gasteiger partial charge in [0.15, 0.2) is 0 Å². The van der Waals surface area contributed by atoms with Crippen molar-refractivity contribution in [3.63, 3.8) is 0 Å². The Hall–Kier alpha value is -3.12. The highest BCUT2D eigenvalue weighted by Gasteiger charge is 2.22. The largest absolute Gasteiger partial charge is 0.496 e. The van der Waals surface area contributed by atoms with E-state index in [4.69, 9.17) is 4.74 Å². The van der Waals surface area contributed by atoms with Gasteiger partial charge in [-0.3, -0.25) is 9.59 Å². The molecule has 1 aliphatic heterocycles. The second-order valence-corrected chi connectivity index (χ2v) is 6.66. The van der Waals surface area contributed by atoms with Crippen molar-refractivity contribution in [1.82, 2.24) is 15.5 Å². The van der Waals surface area contributed by atoms with Crippen molar-refractivity contribution >= 4 is 17.9 Å². The second kappa shape index (κ2) is 9.19. The van der Waals surface area contributed by atoms with E-state index in [1.165, 1.54) is 0 Å². The molecule has 0 aromatic heterocycles. The van der Waals surface area contributed by atoms with Crippen molar-refractivity contribution in [3.8, 4) is 5.75 Å². The van der Waals surface area contributed by atoms with Crippen molar-refractivity contribution in [1.29, 1.82) is 0 Å². The standard InChI is InChI=1S/C22H25N3O3/c1-16-7-9-17(10-8-16)21(26)24-19(22(27)25-13-11-23-12-14-25)15-18-5-3-4-6-20(18)28-2/h3-10,15,23H,11-14H2,1-2H3,(H,24,26). The number of nitrogens with one attached hydrogen (secondary N) is 2. The van der Waals surface area contributed by atoms with Crippen LogP contribution in [0.5, 0.6) is 5.75 Å². The summed E-state index contributed by atoms with van der Waals surface area (Å²) in [6.45, 7) is 4.63. The van der Waals surface area contributed by atoms with E-state index >= 15 is 0 Å². The molecule has 0 atom stereocenters. The third-order valence-electron chi connectivity index (χ3n) is 4.64. The van der Waals surface area contributed by atoms with Gasteiger partial charge in [-0.15, -0.1) is 0 Å². The highest BCUT2D eigenvalue weighted by atomic mass is 16.5. The monoisotopic (exact) mass is 379 g/mol. The highest BCUT2D eigenvalue weighted by molar-refractivity contribution is 6.05. The Bertz CT molecular complexity index is 869. The summed E-state index contributed by atoms with van der Waals surface area (Å²) in [7, 11) is 1.58. The van der Waals surface area contributed by atoms with Crippen LogP contribution in [-0.4, -0.2) is 50.0 Å². The van der Waals surface area contributed by atoms with Gasteiger partial charge in [0, 0.05) is 37.3 Å². The number of carbonyl (C=O) groups is 2. The Morgan fingerprint density at radius 2 is 1.75 bits per heavy atom. The maximum Gasteiger partial charge on any atom is 0.270 e. The summed E-state index contributed by atoms with van der Waals surface area (Å²) < 4.78 is 5.38. The highest BCUT2D eigenvalue weighted by Crippen LogP contribution is 2.21. The quantitative estimate of drug-likeness (QED) is 0.782. The van der Waals surface area contributed by atoms with Crippen LogP contribution in [0.1, 0.15) is 21.5 Å². The van der Waals surface area contributed by atoms with E-state index in [0.717, 1.165) is 24.2 Å². The Morgan fingerprint density at radius 1 is 1.07 bits per heavy atom. The summed E-state index contributed by atoms with van der Waals surface area (Å²) in [5.74, 6) is 0.121. The molecule has 6 nitrogen and oxygen atoms in total. The lowest BCUT2D eigenvalue weighted by atomic mass is 10.1. The zero-order valence-electron chi connectivity index (χ0n) is 16.2. The average molecular weight is 379 g/mol. The summed E-state index contributed by atoms with van der Waals surface area (Å²) in [5.41, 5.74) is 2.53. The number of nitrogens with zero attached hydrogens (tertiary/aromatic N) is 1. The van der Waals surface area contributed by atoms with E-state index in [2.05, 4.69) is 10.6 Å². The maximum atomic E-state index is 13.1. The summed E-state index contributed by atoms with van der Waals surface area (Å²) in [6.07, 6.45) is 1.68. The van der Waals surface area contributed by atoms with Crippen LogP contribution in [-0.2, 0) is 4.79 Å². The molecule has 0 radical (unpaired) electrons. The van der Waals surface area contributed by atoms with Gasteiger partial charge in [0.25, 0.3) is 11.8 Å². The van der Waals surface area contributed by atoms with Crippen molar-refractivity contribution < 1.29 is 14.3 Å². The Balaban J connectivity index is 1.91. The normalized spacial score (nSPS) is 14.5. The van der Waals surface area contributed by atoms with Crippen molar-refractivity contribution in [2.45, 2.75) is 6.92 Å². The topological polar surface area (TPSA) is 70.7 Å². The van der Waals surface area contributed by atoms with Crippen LogP contribution in [0.2, 0.25) is 0 Å². The first-order valence-corrected chi connectivity index (χ1v) is 9.31. The number of hydrogen-bond acceptors (Lipinski definition) is 4. The predicted octanol–water partition coefficient (Wildman–Crippen LogP) is 2.21. The van der Waals surface area contributed by atoms with Gasteiger partial charge in [0.1, 0.15) is 11.4 Å². The minimum atomic E-state index is -0.315.